The summed E-state index contributed by atoms with van der Waals surface area (Å²) in [6.45, 7) is 4.23. The lowest BCUT2D eigenvalue weighted by Gasteiger charge is -1.99. The fraction of sp³-hybridized carbons (Fsp3) is 0.182. The van der Waals surface area contributed by atoms with E-state index < -0.39 is 0 Å². The molecule has 13 heavy (non-hydrogen) atoms. The maximum Gasteiger partial charge on any atom is 0.0487 e. The van der Waals surface area contributed by atoms with Crippen LogP contribution in [-0.2, 0) is 0 Å². The van der Waals surface area contributed by atoms with Crippen LogP contribution in [0.1, 0.15) is 11.1 Å². The van der Waals surface area contributed by atoms with Crippen LogP contribution in [0.5, 0.6) is 0 Å². The largest absolute Gasteiger partial charge is 0.361 e. The summed E-state index contributed by atoms with van der Waals surface area (Å²) in [5, 5.41) is 0. The van der Waals surface area contributed by atoms with Crippen LogP contribution in [0, 0.1) is 13.8 Å². The lowest BCUT2D eigenvalue weighted by atomic mass is 10.1. The van der Waals surface area contributed by atoms with E-state index in [1.807, 2.05) is 30.7 Å². The molecule has 2 aromatic heterocycles. The molecular weight excluding hydrogens is 160 g/mol. The molecule has 0 bridgehead atoms. The number of H-pyrrole nitrogens is 1. The number of nitrogens with zero attached hydrogens (tertiary/aromatic N) is 1. The first-order valence-electron chi connectivity index (χ1n) is 4.34. The van der Waals surface area contributed by atoms with E-state index in [1.165, 1.54) is 22.4 Å². The lowest BCUT2D eigenvalue weighted by molar-refractivity contribution is 1.30. The van der Waals surface area contributed by atoms with Gasteiger partial charge in [-0.2, -0.15) is 0 Å². The van der Waals surface area contributed by atoms with Gasteiger partial charge in [-0.3, -0.25) is 4.98 Å². The Kier molecular flexibility index (Phi) is 1.89. The van der Waals surface area contributed by atoms with E-state index in [2.05, 4.69) is 23.8 Å². The van der Waals surface area contributed by atoms with Gasteiger partial charge in [-0.1, -0.05) is 0 Å². The summed E-state index contributed by atoms with van der Waals surface area (Å²) in [6.07, 6.45) is 5.65. The SMILES string of the molecule is Cc1c[nH]c(-c2ccncc2)c1C. The van der Waals surface area contributed by atoms with Gasteiger partial charge >= 0.3 is 0 Å². The maximum absolute atomic E-state index is 3.99. The third-order valence-corrected chi connectivity index (χ3v) is 2.37. The van der Waals surface area contributed by atoms with Crippen LogP contribution in [0.25, 0.3) is 11.3 Å². The summed E-state index contributed by atoms with van der Waals surface area (Å²) in [5.41, 5.74) is 5.00. The Bertz CT molecular complexity index is 401. The number of aromatic amines is 1. The van der Waals surface area contributed by atoms with Crippen molar-refractivity contribution in [1.29, 1.82) is 0 Å². The third kappa shape index (κ3) is 1.35. The number of pyridine rings is 1. The van der Waals surface area contributed by atoms with E-state index in [0.29, 0.717) is 0 Å². The summed E-state index contributed by atoms with van der Waals surface area (Å²) in [7, 11) is 0. The number of aryl methyl sites for hydroxylation is 1. The molecule has 0 spiro atoms. The van der Waals surface area contributed by atoms with Crippen LogP contribution in [0.2, 0.25) is 0 Å². The van der Waals surface area contributed by atoms with Crippen LogP contribution < -0.4 is 0 Å². The zero-order valence-electron chi connectivity index (χ0n) is 7.83. The molecule has 0 aliphatic heterocycles. The summed E-state index contributed by atoms with van der Waals surface area (Å²) in [6, 6.07) is 4.02. The van der Waals surface area contributed by atoms with Crippen LogP contribution >= 0.6 is 0 Å². The molecule has 0 unspecified atom stereocenters. The smallest absolute Gasteiger partial charge is 0.0487 e. The molecule has 0 amide bonds. The van der Waals surface area contributed by atoms with Crippen molar-refractivity contribution in [3.05, 3.63) is 41.9 Å². The number of rotatable bonds is 1. The number of nitrogens with one attached hydrogen (secondary N) is 1. The molecule has 2 nitrogen and oxygen atoms in total. The maximum atomic E-state index is 3.99. The zero-order chi connectivity index (χ0) is 9.26. The minimum Gasteiger partial charge on any atom is -0.361 e. The average Bonchev–Trinajstić information content (AvgIpc) is 2.49. The fourth-order valence-electron chi connectivity index (χ4n) is 1.41. The zero-order valence-corrected chi connectivity index (χ0v) is 7.83. The summed E-state index contributed by atoms with van der Waals surface area (Å²) in [4.78, 5) is 7.26. The fourth-order valence-corrected chi connectivity index (χ4v) is 1.41. The summed E-state index contributed by atoms with van der Waals surface area (Å²) >= 11 is 0. The highest BCUT2D eigenvalue weighted by molar-refractivity contribution is 5.64. The Morgan fingerprint density at radius 2 is 1.85 bits per heavy atom. The molecular formula is C11H12N2. The standard InChI is InChI=1S/C11H12N2/c1-8-7-13-11(9(8)2)10-3-5-12-6-4-10/h3-7,13H,1-2H3. The molecule has 0 saturated heterocycles. The van der Waals surface area contributed by atoms with Gasteiger partial charge < -0.3 is 4.98 Å². The first-order chi connectivity index (χ1) is 6.29. The molecule has 2 heteroatoms. The summed E-state index contributed by atoms with van der Waals surface area (Å²) < 4.78 is 0. The molecule has 0 fully saturated rings. The van der Waals surface area contributed by atoms with Gasteiger partial charge in [0, 0.05) is 29.8 Å². The van der Waals surface area contributed by atoms with E-state index in [1.54, 1.807) is 0 Å². The van der Waals surface area contributed by atoms with E-state index >= 15 is 0 Å². The van der Waals surface area contributed by atoms with Gasteiger partial charge in [0.25, 0.3) is 0 Å². The second kappa shape index (κ2) is 3.05. The van der Waals surface area contributed by atoms with Gasteiger partial charge in [0.1, 0.15) is 0 Å². The Morgan fingerprint density at radius 3 is 2.38 bits per heavy atom. The van der Waals surface area contributed by atoms with Gasteiger partial charge in [0.15, 0.2) is 0 Å². The molecule has 0 aromatic carbocycles. The first kappa shape index (κ1) is 8.05. The Balaban J connectivity index is 2.53. The van der Waals surface area contributed by atoms with Crippen LogP contribution in [0.4, 0.5) is 0 Å². The average molecular weight is 172 g/mol. The molecule has 2 heterocycles. The molecule has 0 saturated carbocycles. The van der Waals surface area contributed by atoms with Crippen molar-refractivity contribution in [3.8, 4) is 11.3 Å². The molecule has 0 atom stereocenters. The van der Waals surface area contributed by atoms with E-state index in [4.69, 9.17) is 0 Å². The quantitative estimate of drug-likeness (QED) is 0.704. The topological polar surface area (TPSA) is 28.7 Å². The van der Waals surface area contributed by atoms with Gasteiger partial charge in [-0.15, -0.1) is 0 Å². The molecule has 1 N–H and O–H groups in total. The molecule has 0 radical (unpaired) electrons. The van der Waals surface area contributed by atoms with Crippen LogP contribution in [0.15, 0.2) is 30.7 Å². The van der Waals surface area contributed by atoms with Gasteiger partial charge in [-0.05, 0) is 37.1 Å². The second-order valence-electron chi connectivity index (χ2n) is 3.21. The van der Waals surface area contributed by atoms with Gasteiger partial charge in [0.2, 0.25) is 0 Å². The highest BCUT2D eigenvalue weighted by Crippen LogP contribution is 2.22. The van der Waals surface area contributed by atoms with Crippen molar-refractivity contribution in [2.24, 2.45) is 0 Å². The lowest BCUT2D eigenvalue weighted by Crippen LogP contribution is -1.81. The minimum atomic E-state index is 1.19. The van der Waals surface area contributed by atoms with E-state index in [0.717, 1.165) is 0 Å². The van der Waals surface area contributed by atoms with E-state index in [-0.39, 0.29) is 0 Å². The number of hydrogen-bond acceptors (Lipinski definition) is 1. The van der Waals surface area contributed by atoms with Gasteiger partial charge in [-0.25, -0.2) is 0 Å². The van der Waals surface area contributed by atoms with Crippen molar-refractivity contribution < 1.29 is 0 Å². The highest BCUT2D eigenvalue weighted by Gasteiger charge is 2.04. The first-order valence-corrected chi connectivity index (χ1v) is 4.34. The van der Waals surface area contributed by atoms with E-state index in [9.17, 15) is 0 Å². The Hall–Kier alpha value is -1.57. The predicted octanol–water partition coefficient (Wildman–Crippen LogP) is 2.69. The molecule has 2 aromatic rings. The monoisotopic (exact) mass is 172 g/mol. The normalized spacial score (nSPS) is 10.3. The molecule has 2 rings (SSSR count). The molecule has 0 aliphatic carbocycles. The molecule has 0 aliphatic rings. The highest BCUT2D eigenvalue weighted by atomic mass is 14.7. The predicted molar refractivity (Wildman–Crippen MR) is 53.5 cm³/mol. The minimum absolute atomic E-state index is 1.19. The van der Waals surface area contributed by atoms with Crippen molar-refractivity contribution >= 4 is 0 Å². The Morgan fingerprint density at radius 1 is 1.15 bits per heavy atom. The number of aromatic nitrogens is 2. The van der Waals surface area contributed by atoms with Crippen molar-refractivity contribution in [1.82, 2.24) is 9.97 Å². The molecule has 66 valence electrons. The van der Waals surface area contributed by atoms with Crippen LogP contribution in [-0.4, -0.2) is 9.97 Å². The Labute approximate surface area is 77.6 Å². The second-order valence-corrected chi connectivity index (χ2v) is 3.21. The third-order valence-electron chi connectivity index (χ3n) is 2.37. The van der Waals surface area contributed by atoms with Crippen molar-refractivity contribution in [2.45, 2.75) is 13.8 Å². The number of hydrogen-bond donors (Lipinski definition) is 1. The summed E-state index contributed by atoms with van der Waals surface area (Å²) in [5.74, 6) is 0. The van der Waals surface area contributed by atoms with Crippen molar-refractivity contribution in [3.63, 3.8) is 0 Å². The van der Waals surface area contributed by atoms with Gasteiger partial charge in [0.05, 0.1) is 0 Å². The van der Waals surface area contributed by atoms with Crippen LogP contribution in [0.3, 0.4) is 0 Å². The van der Waals surface area contributed by atoms with Crippen molar-refractivity contribution in [2.75, 3.05) is 0 Å².